The second kappa shape index (κ2) is 8.50. The predicted molar refractivity (Wildman–Crippen MR) is 134 cm³/mol. The molecule has 2 amide bonds. The Hall–Kier alpha value is -2.61. The number of benzene rings is 2. The fourth-order valence-corrected chi connectivity index (χ4v) is 6.44. The van der Waals surface area contributed by atoms with Crippen molar-refractivity contribution in [1.29, 1.82) is 0 Å². The number of ether oxygens (including phenoxy) is 2. The highest BCUT2D eigenvalue weighted by Crippen LogP contribution is 2.52. The van der Waals surface area contributed by atoms with Crippen LogP contribution in [0.5, 0.6) is 5.75 Å². The Balaban J connectivity index is 1.25. The quantitative estimate of drug-likeness (QED) is 0.668. The lowest BCUT2D eigenvalue weighted by molar-refractivity contribution is -0.189. The molecular weight excluding hydrogens is 466 g/mol. The number of fused-ring (bicyclic) bond motifs is 5. The van der Waals surface area contributed by atoms with Crippen LogP contribution < -0.4 is 15.0 Å². The van der Waals surface area contributed by atoms with Crippen molar-refractivity contribution in [3.8, 4) is 5.75 Å². The summed E-state index contributed by atoms with van der Waals surface area (Å²) in [5.41, 5.74) is 2.04. The fourth-order valence-electron chi connectivity index (χ4n) is 6.26. The van der Waals surface area contributed by atoms with Crippen molar-refractivity contribution in [2.24, 2.45) is 5.92 Å². The highest BCUT2D eigenvalue weighted by Gasteiger charge is 2.52. The van der Waals surface area contributed by atoms with Crippen LogP contribution in [0.15, 0.2) is 42.5 Å². The molecule has 2 saturated heterocycles. The first-order valence-corrected chi connectivity index (χ1v) is 12.8. The molecule has 6 rings (SSSR count). The Kier molecular flexibility index (Phi) is 5.55. The Labute approximate surface area is 210 Å². The summed E-state index contributed by atoms with van der Waals surface area (Å²) in [5, 5.41) is 3.54. The van der Waals surface area contributed by atoms with E-state index >= 15 is 0 Å². The van der Waals surface area contributed by atoms with Crippen molar-refractivity contribution >= 4 is 34.8 Å². The number of amides is 2. The van der Waals surface area contributed by atoms with E-state index in [4.69, 9.17) is 21.1 Å². The van der Waals surface area contributed by atoms with Crippen LogP contribution in [0.2, 0.25) is 5.02 Å². The molecule has 1 N–H and O–H groups in total. The monoisotopic (exact) mass is 495 g/mol. The maximum Gasteiger partial charge on any atom is 0.244 e. The first kappa shape index (κ1) is 22.8. The van der Waals surface area contributed by atoms with E-state index in [0.29, 0.717) is 10.7 Å². The van der Waals surface area contributed by atoms with Gasteiger partial charge in [-0.2, -0.15) is 0 Å². The minimum atomic E-state index is -0.409. The van der Waals surface area contributed by atoms with Crippen molar-refractivity contribution in [3.63, 3.8) is 0 Å². The molecule has 0 spiro atoms. The molecule has 0 aromatic heterocycles. The molecule has 0 unspecified atom stereocenters. The van der Waals surface area contributed by atoms with Crippen LogP contribution in [0.1, 0.15) is 44.8 Å². The topological polar surface area (TPSA) is 71.1 Å². The van der Waals surface area contributed by atoms with Crippen molar-refractivity contribution in [3.05, 3.63) is 53.1 Å². The normalized spacial score (nSPS) is 29.1. The number of likely N-dealkylation sites (tertiary alicyclic amines) is 1. The zero-order valence-electron chi connectivity index (χ0n) is 20.0. The smallest absolute Gasteiger partial charge is 0.244 e. The number of rotatable bonds is 2. The zero-order chi connectivity index (χ0) is 24.3. The molecule has 7 nitrogen and oxygen atoms in total. The third kappa shape index (κ3) is 3.99. The molecule has 2 aromatic rings. The van der Waals surface area contributed by atoms with Crippen molar-refractivity contribution in [1.82, 2.24) is 4.90 Å². The molecule has 35 heavy (non-hydrogen) atoms. The van der Waals surface area contributed by atoms with E-state index in [9.17, 15) is 9.59 Å². The summed E-state index contributed by atoms with van der Waals surface area (Å²) < 4.78 is 13.2. The molecule has 0 aliphatic carbocycles. The van der Waals surface area contributed by atoms with Crippen LogP contribution in [0.3, 0.4) is 0 Å². The van der Waals surface area contributed by atoms with Gasteiger partial charge in [0.2, 0.25) is 11.8 Å². The van der Waals surface area contributed by atoms with E-state index in [-0.39, 0.29) is 49.1 Å². The van der Waals surface area contributed by atoms with Gasteiger partial charge in [-0.25, -0.2) is 0 Å². The van der Waals surface area contributed by atoms with Crippen molar-refractivity contribution in [2.75, 3.05) is 29.9 Å². The average molecular weight is 496 g/mol. The minimum Gasteiger partial charge on any atom is -0.487 e. The Morgan fingerprint density at radius 3 is 2.91 bits per heavy atom. The average Bonchev–Trinajstić information content (AvgIpc) is 2.83. The van der Waals surface area contributed by atoms with Gasteiger partial charge in [0.1, 0.15) is 17.9 Å². The Morgan fingerprint density at radius 2 is 2.06 bits per heavy atom. The molecule has 0 saturated carbocycles. The van der Waals surface area contributed by atoms with Crippen molar-refractivity contribution < 1.29 is 19.1 Å². The largest absolute Gasteiger partial charge is 0.487 e. The van der Waals surface area contributed by atoms with Gasteiger partial charge >= 0.3 is 0 Å². The van der Waals surface area contributed by atoms with Gasteiger partial charge in [0.25, 0.3) is 0 Å². The number of nitrogens with zero attached hydrogens (tertiary/aromatic N) is 2. The number of hydrogen-bond acceptors (Lipinski definition) is 5. The highest BCUT2D eigenvalue weighted by atomic mass is 35.5. The molecule has 184 valence electrons. The van der Waals surface area contributed by atoms with Gasteiger partial charge in [-0.1, -0.05) is 23.7 Å². The van der Waals surface area contributed by atoms with Gasteiger partial charge in [0, 0.05) is 22.5 Å². The summed E-state index contributed by atoms with van der Waals surface area (Å²) in [5.74, 6) is 0.734. The fraction of sp³-hybridized carbons (Fsp3) is 0.481. The molecule has 4 atom stereocenters. The van der Waals surface area contributed by atoms with E-state index in [1.807, 2.05) is 42.5 Å². The molecule has 8 heteroatoms. The maximum absolute atomic E-state index is 13.5. The minimum absolute atomic E-state index is 0.0375. The lowest BCUT2D eigenvalue weighted by Gasteiger charge is -2.54. The molecule has 0 radical (unpaired) electrons. The lowest BCUT2D eigenvalue weighted by atomic mass is 9.72. The van der Waals surface area contributed by atoms with E-state index in [1.54, 1.807) is 4.90 Å². The predicted octanol–water partition coefficient (Wildman–Crippen LogP) is 4.41. The molecule has 4 heterocycles. The van der Waals surface area contributed by atoms with E-state index in [1.165, 1.54) is 0 Å². The Bertz CT molecular complexity index is 1180. The van der Waals surface area contributed by atoms with Crippen LogP contribution in [0.25, 0.3) is 0 Å². The summed E-state index contributed by atoms with van der Waals surface area (Å²) in [4.78, 5) is 29.6. The van der Waals surface area contributed by atoms with Crippen LogP contribution >= 0.6 is 11.6 Å². The number of hydrogen-bond donors (Lipinski definition) is 1. The third-order valence-electron chi connectivity index (χ3n) is 7.97. The van der Waals surface area contributed by atoms with Crippen molar-refractivity contribution in [2.45, 2.75) is 57.0 Å². The summed E-state index contributed by atoms with van der Waals surface area (Å²) in [6.45, 7) is 5.37. The summed E-state index contributed by atoms with van der Waals surface area (Å²) in [6.07, 6.45) is 2.76. The van der Waals surface area contributed by atoms with Gasteiger partial charge in [0.05, 0.1) is 30.1 Å². The molecule has 0 bridgehead atoms. The number of nitrogens with one attached hydrogen (secondary N) is 1. The molecule has 2 fully saturated rings. The number of piperidine rings is 1. The molecule has 2 aromatic carbocycles. The zero-order valence-corrected chi connectivity index (χ0v) is 20.8. The second-order valence-corrected chi connectivity index (χ2v) is 11.0. The molecular formula is C27H30ClN3O4. The SMILES string of the molecule is CC1(C)Oc2ccc(Cl)cc2[C@@H]2O[C@@H]3CCCN(CC(=O)N4CC(=O)Nc5ccccc54)[C@@H]3C[C@H]21. The number of halogens is 1. The van der Waals surface area contributed by atoms with E-state index in [0.717, 1.165) is 42.8 Å². The summed E-state index contributed by atoms with van der Waals surface area (Å²) >= 11 is 6.33. The van der Waals surface area contributed by atoms with Gasteiger partial charge in [-0.05, 0) is 70.0 Å². The summed E-state index contributed by atoms with van der Waals surface area (Å²) in [7, 11) is 0. The van der Waals surface area contributed by atoms with E-state index in [2.05, 4.69) is 24.1 Å². The standard InChI is InChI=1S/C27H30ClN3O4/c1-27(2)18-13-21-23(34-26(18)17-12-16(28)9-10-22(17)35-27)8-5-11-30(21)15-25(33)31-14-24(32)29-19-6-3-4-7-20(19)31/h3-4,6-7,9-10,12,18,21,23,26H,5,8,11,13-15H2,1-2H3,(H,29,32)/t18-,21-,23-,26+/m1/s1. The van der Waals surface area contributed by atoms with Crippen LogP contribution in [-0.2, 0) is 14.3 Å². The first-order valence-electron chi connectivity index (χ1n) is 12.4. The number of anilines is 2. The van der Waals surface area contributed by atoms with Gasteiger partial charge in [-0.15, -0.1) is 0 Å². The molecule has 4 aliphatic heterocycles. The second-order valence-electron chi connectivity index (χ2n) is 10.6. The van der Waals surface area contributed by atoms with E-state index < -0.39 is 5.60 Å². The lowest BCUT2D eigenvalue weighted by Crippen LogP contribution is -2.60. The third-order valence-corrected chi connectivity index (χ3v) is 8.20. The van der Waals surface area contributed by atoms with Crippen LogP contribution in [0.4, 0.5) is 11.4 Å². The molecule has 4 aliphatic rings. The van der Waals surface area contributed by atoms with Crippen LogP contribution in [-0.4, -0.2) is 54.1 Å². The number of carbonyl (C=O) groups excluding carboxylic acids is 2. The van der Waals surface area contributed by atoms with Crippen LogP contribution in [0, 0.1) is 5.92 Å². The van der Waals surface area contributed by atoms with Gasteiger partial charge < -0.3 is 14.8 Å². The van der Waals surface area contributed by atoms with Gasteiger partial charge in [0.15, 0.2) is 0 Å². The highest BCUT2D eigenvalue weighted by molar-refractivity contribution is 6.30. The number of para-hydroxylation sites is 2. The van der Waals surface area contributed by atoms with Gasteiger partial charge in [-0.3, -0.25) is 19.4 Å². The number of carbonyl (C=O) groups is 2. The maximum atomic E-state index is 13.5. The first-order chi connectivity index (χ1) is 16.8. The Morgan fingerprint density at radius 1 is 1.23 bits per heavy atom. The summed E-state index contributed by atoms with van der Waals surface area (Å²) in [6, 6.07) is 13.3.